The molecule has 0 bridgehead atoms. The molecular weight excluding hydrogens is 266 g/mol. The fraction of sp³-hybridized carbons (Fsp3) is 0.750. The lowest BCUT2D eigenvalue weighted by molar-refractivity contribution is -0.0589. The van der Waals surface area contributed by atoms with Crippen molar-refractivity contribution >= 4 is 11.8 Å². The van der Waals surface area contributed by atoms with Crippen molar-refractivity contribution in [3.05, 3.63) is 12.2 Å². The van der Waals surface area contributed by atoms with Crippen molar-refractivity contribution < 1.29 is 20.1 Å². The number of hydrogen-bond acceptors (Lipinski definition) is 8. The fourth-order valence-corrected chi connectivity index (χ4v) is 1.80. The predicted octanol–water partition coefficient (Wildman–Crippen LogP) is -2.41. The quantitative estimate of drug-likeness (QED) is 0.303. The number of ether oxygens (including phenoxy) is 1. The third-order valence-electron chi connectivity index (χ3n) is 2.70. The van der Waals surface area contributed by atoms with E-state index in [9.17, 15) is 10.2 Å². The number of rotatable bonds is 4. The number of nitrogens with two attached hydrogens (primary N) is 1. The molecule has 0 saturated carbocycles. The van der Waals surface area contributed by atoms with Crippen LogP contribution in [0.4, 0.5) is 0 Å². The van der Waals surface area contributed by atoms with Gasteiger partial charge in [0, 0.05) is 0 Å². The van der Waals surface area contributed by atoms with Crippen LogP contribution >= 0.6 is 11.8 Å². The molecule has 0 amide bonds. The number of hydrogen-bond donors (Lipinski definition) is 5. The first-order valence-corrected chi connectivity index (χ1v) is 5.61. The third-order valence-corrected chi connectivity index (χ3v) is 2.93. The van der Waals surface area contributed by atoms with Gasteiger partial charge in [0.1, 0.15) is 30.8 Å². The molecule has 10 heteroatoms. The molecule has 18 heavy (non-hydrogen) atoms. The number of halogens is 1. The number of nitrogens with one attached hydrogen (secondary N) is 1. The van der Waals surface area contributed by atoms with Gasteiger partial charge in [0.15, 0.2) is 12.1 Å². The Labute approximate surface area is 107 Å². The molecule has 1 aliphatic rings. The molecule has 102 valence electrons. The minimum absolute atomic E-state index is 0.211. The van der Waals surface area contributed by atoms with Gasteiger partial charge in [-0.2, -0.15) is 5.10 Å². The van der Waals surface area contributed by atoms with Crippen molar-refractivity contribution in [2.24, 2.45) is 5.73 Å². The fourth-order valence-electron chi connectivity index (χ4n) is 1.70. The van der Waals surface area contributed by atoms with Crippen LogP contribution < -0.4 is 10.6 Å². The molecule has 1 aromatic rings. The van der Waals surface area contributed by atoms with Crippen LogP contribution in [0.2, 0.25) is 0 Å². The lowest BCUT2D eigenvalue weighted by Crippen LogP contribution is -2.33. The zero-order chi connectivity index (χ0) is 13.3. The molecule has 0 radical (unpaired) electrons. The first-order chi connectivity index (χ1) is 8.58. The van der Waals surface area contributed by atoms with E-state index in [0.717, 1.165) is 0 Å². The molecule has 2 heterocycles. The Kier molecular flexibility index (Phi) is 4.12. The van der Waals surface area contributed by atoms with Gasteiger partial charge in [-0.25, -0.2) is 14.5 Å². The summed E-state index contributed by atoms with van der Waals surface area (Å²) in [5.74, 6) is 0.211. The van der Waals surface area contributed by atoms with E-state index < -0.39 is 37.3 Å². The van der Waals surface area contributed by atoms with Gasteiger partial charge >= 0.3 is 0 Å². The highest BCUT2D eigenvalue weighted by Gasteiger charge is 2.43. The second kappa shape index (κ2) is 5.45. The van der Waals surface area contributed by atoms with Crippen molar-refractivity contribution in [3.8, 4) is 0 Å². The molecule has 1 aliphatic heterocycles. The molecule has 6 N–H and O–H groups in total. The van der Waals surface area contributed by atoms with Gasteiger partial charge in [-0.3, -0.25) is 0 Å². The second-order valence-electron chi connectivity index (χ2n) is 3.90. The largest absolute Gasteiger partial charge is 0.394 e. The lowest BCUT2D eigenvalue weighted by Gasteiger charge is -2.14. The number of aliphatic hydroxyl groups is 3. The zero-order valence-corrected chi connectivity index (χ0v) is 9.97. The van der Waals surface area contributed by atoms with Gasteiger partial charge in [-0.1, -0.05) is 0 Å². The average Bonchev–Trinajstić information content (AvgIpc) is 2.96. The average molecular weight is 280 g/mol. The maximum absolute atomic E-state index is 9.77. The topological polar surface area (TPSA) is 139 Å². The Morgan fingerprint density at radius 3 is 2.83 bits per heavy atom. The van der Waals surface area contributed by atoms with E-state index in [1.54, 1.807) is 0 Å². The molecule has 0 aromatic carbocycles. The Bertz CT molecular complexity index is 405. The Morgan fingerprint density at radius 2 is 2.28 bits per heavy atom. The van der Waals surface area contributed by atoms with Gasteiger partial charge in [0.05, 0.1) is 6.61 Å². The summed E-state index contributed by atoms with van der Waals surface area (Å²) in [5.41, 5.74) is 5.55. The first-order valence-electron chi connectivity index (χ1n) is 5.23. The van der Waals surface area contributed by atoms with Crippen LogP contribution in [-0.2, 0) is 4.74 Å². The van der Waals surface area contributed by atoms with Crippen molar-refractivity contribution in [2.75, 3.05) is 6.61 Å². The smallest absolute Gasteiger partial charge is 0.183 e. The van der Waals surface area contributed by atoms with Crippen LogP contribution in [0.25, 0.3) is 0 Å². The van der Waals surface area contributed by atoms with Crippen molar-refractivity contribution in [1.29, 1.82) is 0 Å². The van der Waals surface area contributed by atoms with Gasteiger partial charge in [-0.05, 0) is 11.8 Å². The van der Waals surface area contributed by atoms with Crippen molar-refractivity contribution in [3.63, 3.8) is 0 Å². The van der Waals surface area contributed by atoms with E-state index >= 15 is 0 Å². The molecule has 1 saturated heterocycles. The molecule has 1 aromatic heterocycles. The molecule has 2 rings (SSSR count). The molecule has 5 atom stereocenters. The van der Waals surface area contributed by atoms with Gasteiger partial charge < -0.3 is 25.8 Å². The summed E-state index contributed by atoms with van der Waals surface area (Å²) in [4.78, 5) is 6.13. The lowest BCUT2D eigenvalue weighted by atomic mass is 10.1. The number of aromatic nitrogens is 3. The Balaban J connectivity index is 2.15. The molecule has 1 unspecified atom stereocenters. The highest BCUT2D eigenvalue weighted by molar-refractivity contribution is 6.13. The van der Waals surface area contributed by atoms with E-state index in [-0.39, 0.29) is 5.82 Å². The minimum atomic E-state index is -1.21. The summed E-state index contributed by atoms with van der Waals surface area (Å²) in [6.07, 6.45) is -3.66. The summed E-state index contributed by atoms with van der Waals surface area (Å²) in [7, 11) is 0. The Hall–Kier alpha value is -0.810. The van der Waals surface area contributed by atoms with Gasteiger partial charge in [0.2, 0.25) is 0 Å². The van der Waals surface area contributed by atoms with Crippen LogP contribution in [0, 0.1) is 0 Å². The third kappa shape index (κ3) is 2.34. The van der Waals surface area contributed by atoms with Crippen LogP contribution in [0.5, 0.6) is 0 Å². The molecule has 1 fully saturated rings. The van der Waals surface area contributed by atoms with Gasteiger partial charge in [-0.15, -0.1) is 0 Å². The summed E-state index contributed by atoms with van der Waals surface area (Å²) in [6, 6.07) is 0. The molecule has 0 aliphatic carbocycles. The highest BCUT2D eigenvalue weighted by Crippen LogP contribution is 2.28. The summed E-state index contributed by atoms with van der Waals surface area (Å²) >= 11 is 5.33. The summed E-state index contributed by atoms with van der Waals surface area (Å²) in [5, 5.41) is 32.3. The van der Waals surface area contributed by atoms with Crippen LogP contribution in [0.3, 0.4) is 0 Å². The molecule has 0 spiro atoms. The van der Waals surface area contributed by atoms with Crippen LogP contribution in [-0.4, -0.2) is 55.0 Å². The standard InChI is InChI=1S/C8H14ClN5O4/c9-12-6(10)7-11-2-14(13-7)8-5(17)4(16)3(1-15)18-8/h2-6,8,12,15-17H,1,10H2/t3-,4-,5-,6?,8-/m1/s1. The van der Waals surface area contributed by atoms with Gasteiger partial charge in [0.25, 0.3) is 0 Å². The van der Waals surface area contributed by atoms with E-state index in [1.165, 1.54) is 11.0 Å². The zero-order valence-electron chi connectivity index (χ0n) is 9.22. The SMILES string of the molecule is NC(NCl)c1ncn([C@@H]2O[C@H](CO)[C@@H](O)[C@H]2O)n1. The Morgan fingerprint density at radius 1 is 1.56 bits per heavy atom. The van der Waals surface area contributed by atoms with Crippen molar-refractivity contribution in [1.82, 2.24) is 19.6 Å². The van der Waals surface area contributed by atoms with E-state index in [2.05, 4.69) is 14.9 Å². The normalized spacial score (nSPS) is 33.8. The minimum Gasteiger partial charge on any atom is -0.394 e. The number of nitrogens with zero attached hydrogens (tertiary/aromatic N) is 3. The monoisotopic (exact) mass is 279 g/mol. The summed E-state index contributed by atoms with van der Waals surface area (Å²) < 4.78 is 6.48. The summed E-state index contributed by atoms with van der Waals surface area (Å²) in [6.45, 7) is -0.404. The van der Waals surface area contributed by atoms with Crippen LogP contribution in [0.1, 0.15) is 18.2 Å². The first kappa shape index (κ1) is 13.6. The molecular formula is C8H14ClN5O4. The highest BCUT2D eigenvalue weighted by atomic mass is 35.5. The van der Waals surface area contributed by atoms with Crippen LogP contribution in [0.15, 0.2) is 6.33 Å². The number of aliphatic hydroxyl groups excluding tert-OH is 3. The molecule has 9 nitrogen and oxygen atoms in total. The van der Waals surface area contributed by atoms with E-state index in [4.69, 9.17) is 27.4 Å². The maximum atomic E-state index is 9.77. The van der Waals surface area contributed by atoms with E-state index in [1.807, 2.05) is 0 Å². The van der Waals surface area contributed by atoms with Crippen molar-refractivity contribution in [2.45, 2.75) is 30.7 Å². The predicted molar refractivity (Wildman–Crippen MR) is 58.9 cm³/mol. The maximum Gasteiger partial charge on any atom is 0.183 e. The van der Waals surface area contributed by atoms with E-state index in [0.29, 0.717) is 0 Å². The second-order valence-corrected chi connectivity index (χ2v) is 4.12.